The summed E-state index contributed by atoms with van der Waals surface area (Å²) < 4.78 is 8.32. The molecule has 4 nitrogen and oxygen atoms in total. The van der Waals surface area contributed by atoms with Gasteiger partial charge in [-0.15, -0.1) is 0 Å². The molecule has 1 aliphatic carbocycles. The SMILES string of the molecule is [2H]C(O)(CN1C[C@@H]2CC(O)(Cc3ccccc3)C[C@@H]2C1)c1ccc(O)cc1. The highest BCUT2D eigenvalue weighted by Gasteiger charge is 2.48. The van der Waals surface area contributed by atoms with Crippen molar-refractivity contribution in [1.82, 2.24) is 4.90 Å². The summed E-state index contributed by atoms with van der Waals surface area (Å²) in [5.41, 5.74) is 1.01. The molecule has 0 amide bonds. The summed E-state index contributed by atoms with van der Waals surface area (Å²) in [6.07, 6.45) is 0.542. The van der Waals surface area contributed by atoms with E-state index in [4.69, 9.17) is 1.37 Å². The first-order valence-electron chi connectivity index (χ1n) is 9.84. The standard InChI is InChI=1S/C22H27NO3/c24-20-8-6-17(7-9-20)21(25)15-23-13-18-11-22(26,12-19(18)14-23)10-16-4-2-1-3-5-16/h1-9,18-19,21,24-26H,10-15H2/t18-,19+,21?,22?/i21D. The van der Waals surface area contributed by atoms with E-state index >= 15 is 0 Å². The maximum absolute atomic E-state index is 11.0. The van der Waals surface area contributed by atoms with Crippen molar-refractivity contribution in [3.8, 4) is 5.75 Å². The number of benzene rings is 2. The Hall–Kier alpha value is -1.88. The smallest absolute Gasteiger partial charge is 0.115 e. The number of hydrogen-bond acceptors (Lipinski definition) is 4. The normalized spacial score (nSPS) is 31.4. The fraction of sp³-hybridized carbons (Fsp3) is 0.455. The predicted octanol–water partition coefficient (Wildman–Crippen LogP) is 2.74. The minimum absolute atomic E-state index is 0.128. The molecule has 4 heteroatoms. The van der Waals surface area contributed by atoms with Gasteiger partial charge in [0, 0.05) is 26.1 Å². The molecule has 1 saturated carbocycles. The Labute approximate surface area is 156 Å². The number of rotatable bonds is 5. The number of aliphatic hydroxyl groups is 2. The number of likely N-dealkylation sites (tertiary alicyclic amines) is 1. The number of aromatic hydroxyl groups is 1. The van der Waals surface area contributed by atoms with Crippen LogP contribution in [0.1, 0.15) is 31.4 Å². The number of fused-ring (bicyclic) bond motifs is 1. The first kappa shape index (κ1) is 16.3. The topological polar surface area (TPSA) is 63.9 Å². The van der Waals surface area contributed by atoms with E-state index in [9.17, 15) is 15.3 Å². The van der Waals surface area contributed by atoms with Crippen molar-refractivity contribution in [2.45, 2.75) is 30.9 Å². The van der Waals surface area contributed by atoms with Crippen LogP contribution in [0.2, 0.25) is 0 Å². The van der Waals surface area contributed by atoms with E-state index in [1.807, 2.05) is 18.2 Å². The summed E-state index contributed by atoms with van der Waals surface area (Å²) in [5, 5.41) is 31.0. The van der Waals surface area contributed by atoms with Crippen molar-refractivity contribution in [1.29, 1.82) is 0 Å². The van der Waals surface area contributed by atoms with E-state index in [0.29, 0.717) is 23.8 Å². The highest BCUT2D eigenvalue weighted by atomic mass is 16.3. The van der Waals surface area contributed by atoms with Gasteiger partial charge >= 0.3 is 0 Å². The monoisotopic (exact) mass is 354 g/mol. The molecular weight excluding hydrogens is 326 g/mol. The number of phenols is 1. The third kappa shape index (κ3) is 3.78. The zero-order valence-corrected chi connectivity index (χ0v) is 14.9. The van der Waals surface area contributed by atoms with Gasteiger partial charge in [-0.1, -0.05) is 42.5 Å². The molecule has 4 atom stereocenters. The Morgan fingerprint density at radius 1 is 1.04 bits per heavy atom. The zero-order valence-electron chi connectivity index (χ0n) is 15.9. The maximum Gasteiger partial charge on any atom is 0.115 e. The van der Waals surface area contributed by atoms with Crippen LogP contribution in [0.15, 0.2) is 54.6 Å². The number of β-amino-alcohol motifs (C(OH)–C–C–N with tert-alkyl or cyclic N) is 1. The molecule has 0 radical (unpaired) electrons. The second-order valence-corrected chi connectivity index (χ2v) is 8.00. The highest BCUT2D eigenvalue weighted by Crippen LogP contribution is 2.45. The van der Waals surface area contributed by atoms with Gasteiger partial charge in [-0.05, 0) is 47.9 Å². The second-order valence-electron chi connectivity index (χ2n) is 8.00. The average molecular weight is 354 g/mol. The first-order chi connectivity index (χ1) is 12.8. The summed E-state index contributed by atoms with van der Waals surface area (Å²) in [5.74, 6) is 0.951. The van der Waals surface area contributed by atoms with Gasteiger partial charge < -0.3 is 15.3 Å². The van der Waals surface area contributed by atoms with Crippen LogP contribution >= 0.6 is 0 Å². The van der Waals surface area contributed by atoms with Crippen LogP contribution in [0.4, 0.5) is 0 Å². The molecule has 2 fully saturated rings. The van der Waals surface area contributed by atoms with Crippen LogP contribution in [-0.2, 0) is 6.42 Å². The zero-order chi connectivity index (χ0) is 19.1. The lowest BCUT2D eigenvalue weighted by molar-refractivity contribution is 0.0328. The highest BCUT2D eigenvalue weighted by molar-refractivity contribution is 5.27. The van der Waals surface area contributed by atoms with Crippen molar-refractivity contribution < 1.29 is 16.7 Å². The molecule has 4 rings (SSSR count). The summed E-state index contributed by atoms with van der Waals surface area (Å²) in [7, 11) is 0. The lowest BCUT2D eigenvalue weighted by atomic mass is 9.91. The molecule has 2 aromatic rings. The van der Waals surface area contributed by atoms with Crippen LogP contribution in [0.3, 0.4) is 0 Å². The molecule has 0 spiro atoms. The number of phenolic OH excluding ortho intramolecular Hbond substituents is 1. The molecule has 2 aromatic carbocycles. The Kier molecular flexibility index (Phi) is 4.41. The van der Waals surface area contributed by atoms with Crippen LogP contribution in [0, 0.1) is 11.8 Å². The van der Waals surface area contributed by atoms with Gasteiger partial charge in [0.2, 0.25) is 0 Å². The molecule has 3 N–H and O–H groups in total. The van der Waals surface area contributed by atoms with Gasteiger partial charge in [0.05, 0.1) is 13.1 Å². The van der Waals surface area contributed by atoms with Gasteiger partial charge in [-0.2, -0.15) is 0 Å². The van der Waals surface area contributed by atoms with E-state index in [-0.39, 0.29) is 12.3 Å². The van der Waals surface area contributed by atoms with E-state index in [1.165, 1.54) is 17.7 Å². The fourth-order valence-electron chi connectivity index (χ4n) is 4.76. The quantitative estimate of drug-likeness (QED) is 0.773. The predicted molar refractivity (Wildman–Crippen MR) is 101 cm³/mol. The lowest BCUT2D eigenvalue weighted by Gasteiger charge is -2.27. The molecule has 1 saturated heterocycles. The first-order valence-corrected chi connectivity index (χ1v) is 9.34. The average Bonchev–Trinajstić information content (AvgIpc) is 3.09. The minimum atomic E-state index is -1.70. The van der Waals surface area contributed by atoms with Crippen LogP contribution < -0.4 is 0 Å². The Morgan fingerprint density at radius 3 is 2.27 bits per heavy atom. The van der Waals surface area contributed by atoms with Crippen LogP contribution in [0.5, 0.6) is 5.75 Å². The van der Waals surface area contributed by atoms with E-state index < -0.39 is 11.7 Å². The fourth-order valence-corrected chi connectivity index (χ4v) is 4.76. The molecule has 0 bridgehead atoms. The lowest BCUT2D eigenvalue weighted by Crippen LogP contribution is -2.33. The van der Waals surface area contributed by atoms with Crippen molar-refractivity contribution in [2.75, 3.05) is 19.6 Å². The van der Waals surface area contributed by atoms with Crippen molar-refractivity contribution >= 4 is 0 Å². The Morgan fingerprint density at radius 2 is 1.65 bits per heavy atom. The molecule has 1 aliphatic heterocycles. The summed E-state index contributed by atoms with van der Waals surface area (Å²) >= 11 is 0. The third-order valence-electron chi connectivity index (χ3n) is 5.89. The molecule has 2 unspecified atom stereocenters. The van der Waals surface area contributed by atoms with E-state index in [2.05, 4.69) is 17.0 Å². The summed E-state index contributed by atoms with van der Waals surface area (Å²) in [6, 6.07) is 16.3. The third-order valence-corrected chi connectivity index (χ3v) is 5.89. The molecule has 26 heavy (non-hydrogen) atoms. The van der Waals surface area contributed by atoms with E-state index in [0.717, 1.165) is 25.9 Å². The second kappa shape index (κ2) is 7.03. The van der Waals surface area contributed by atoms with Gasteiger partial charge in [0.25, 0.3) is 0 Å². The summed E-state index contributed by atoms with van der Waals surface area (Å²) in [4.78, 5) is 2.14. The van der Waals surface area contributed by atoms with Crippen LogP contribution in [0.25, 0.3) is 0 Å². The Bertz CT molecular complexity index is 764. The van der Waals surface area contributed by atoms with Crippen LogP contribution in [-0.4, -0.2) is 45.5 Å². The van der Waals surface area contributed by atoms with Gasteiger partial charge in [0.15, 0.2) is 0 Å². The van der Waals surface area contributed by atoms with Gasteiger partial charge in [-0.25, -0.2) is 0 Å². The van der Waals surface area contributed by atoms with Crippen molar-refractivity contribution in [3.63, 3.8) is 0 Å². The maximum atomic E-state index is 11.0. The molecule has 0 aromatic heterocycles. The molecule has 138 valence electrons. The number of hydrogen-bond donors (Lipinski definition) is 3. The molecule has 2 aliphatic rings. The van der Waals surface area contributed by atoms with Gasteiger partial charge in [0.1, 0.15) is 5.75 Å². The largest absolute Gasteiger partial charge is 0.508 e. The van der Waals surface area contributed by atoms with Crippen molar-refractivity contribution in [3.05, 3.63) is 65.7 Å². The Balaban J connectivity index is 1.36. The summed E-state index contributed by atoms with van der Waals surface area (Å²) in [6.45, 7) is 1.85. The molecular formula is C22H27NO3. The van der Waals surface area contributed by atoms with Crippen molar-refractivity contribution in [2.24, 2.45) is 11.8 Å². The van der Waals surface area contributed by atoms with Gasteiger partial charge in [-0.3, -0.25) is 4.90 Å². The number of nitrogens with zero attached hydrogens (tertiary/aromatic N) is 1. The van der Waals surface area contributed by atoms with E-state index in [1.54, 1.807) is 12.1 Å². The molecule has 1 heterocycles. The minimum Gasteiger partial charge on any atom is -0.508 e.